The Bertz CT molecular complexity index is 586. The molecule has 1 N–H and O–H groups in total. The number of nitrogens with zero attached hydrogens (tertiary/aromatic N) is 3. The number of nitrogens with one attached hydrogen (secondary N) is 1. The van der Waals surface area contributed by atoms with Gasteiger partial charge < -0.3 is 5.32 Å². The van der Waals surface area contributed by atoms with Crippen molar-refractivity contribution in [2.45, 2.75) is 19.9 Å². The smallest absolute Gasteiger partial charge is 0.226 e. The molecule has 100 valence electrons. The molecule has 2 aromatic rings. The van der Waals surface area contributed by atoms with E-state index >= 15 is 0 Å². The van der Waals surface area contributed by atoms with Crippen molar-refractivity contribution in [2.24, 2.45) is 0 Å². The largest absolute Gasteiger partial charge is 0.325 e. The van der Waals surface area contributed by atoms with E-state index in [2.05, 4.69) is 31.6 Å². The molecule has 5 nitrogen and oxygen atoms in total. The fraction of sp³-hybridized carbons (Fsp3) is 0.250. The maximum absolute atomic E-state index is 11.8. The van der Waals surface area contributed by atoms with Gasteiger partial charge >= 0.3 is 0 Å². The lowest BCUT2D eigenvalue weighted by Gasteiger charge is -2.09. The Labute approximate surface area is 124 Å². The number of aromatic nitrogens is 3. The van der Waals surface area contributed by atoms with Crippen LogP contribution in [0.15, 0.2) is 29.0 Å². The minimum Gasteiger partial charge on any atom is -0.325 e. The van der Waals surface area contributed by atoms with E-state index in [1.54, 1.807) is 23.1 Å². The highest BCUT2D eigenvalue weighted by Gasteiger charge is 2.08. The van der Waals surface area contributed by atoms with E-state index in [0.29, 0.717) is 23.7 Å². The Morgan fingerprint density at radius 2 is 2.32 bits per heavy atom. The predicted molar refractivity (Wildman–Crippen MR) is 77.2 cm³/mol. The van der Waals surface area contributed by atoms with E-state index in [9.17, 15) is 4.79 Å². The first-order chi connectivity index (χ1) is 9.06. The molecule has 0 saturated carbocycles. The third-order valence-corrected chi connectivity index (χ3v) is 3.63. The van der Waals surface area contributed by atoms with Gasteiger partial charge in [0.05, 0.1) is 18.4 Å². The van der Waals surface area contributed by atoms with E-state index in [1.165, 1.54) is 0 Å². The van der Waals surface area contributed by atoms with Crippen LogP contribution in [-0.4, -0.2) is 20.9 Å². The molecule has 1 aromatic carbocycles. The molecule has 1 amide bonds. The van der Waals surface area contributed by atoms with E-state index in [0.717, 1.165) is 10.0 Å². The van der Waals surface area contributed by atoms with Crippen molar-refractivity contribution in [1.29, 1.82) is 0 Å². The fourth-order valence-corrected chi connectivity index (χ4v) is 2.24. The van der Waals surface area contributed by atoms with Crippen LogP contribution in [0.3, 0.4) is 0 Å². The Morgan fingerprint density at radius 1 is 1.53 bits per heavy atom. The summed E-state index contributed by atoms with van der Waals surface area (Å²) in [5.41, 5.74) is 1.62. The number of rotatable bonds is 4. The molecule has 1 heterocycles. The van der Waals surface area contributed by atoms with Crippen molar-refractivity contribution < 1.29 is 4.79 Å². The van der Waals surface area contributed by atoms with Crippen LogP contribution >= 0.6 is 27.5 Å². The van der Waals surface area contributed by atoms with Gasteiger partial charge in [0.15, 0.2) is 0 Å². The summed E-state index contributed by atoms with van der Waals surface area (Å²) in [7, 11) is 0. The quantitative estimate of drug-likeness (QED) is 0.928. The lowest BCUT2D eigenvalue weighted by molar-refractivity contribution is -0.116. The molecule has 19 heavy (non-hydrogen) atoms. The van der Waals surface area contributed by atoms with Crippen LogP contribution in [0.1, 0.15) is 12.0 Å². The van der Waals surface area contributed by atoms with Gasteiger partial charge in [-0.2, -0.15) is 0 Å². The van der Waals surface area contributed by atoms with Gasteiger partial charge in [-0.3, -0.25) is 9.48 Å². The summed E-state index contributed by atoms with van der Waals surface area (Å²) in [6.45, 7) is 2.40. The summed E-state index contributed by atoms with van der Waals surface area (Å²) < 4.78 is 2.42. The molecule has 0 atom stereocenters. The summed E-state index contributed by atoms with van der Waals surface area (Å²) in [6, 6.07) is 3.60. The maximum Gasteiger partial charge on any atom is 0.226 e. The van der Waals surface area contributed by atoms with Gasteiger partial charge in [0.2, 0.25) is 5.91 Å². The van der Waals surface area contributed by atoms with Crippen LogP contribution in [-0.2, 0) is 11.3 Å². The Kier molecular flexibility index (Phi) is 4.55. The molecule has 2 rings (SSSR count). The van der Waals surface area contributed by atoms with Gasteiger partial charge in [-0.05, 0) is 40.5 Å². The standard InChI is InChI=1S/C12H12BrClN4O/c1-8-6-9(13)11(7-10(8)14)16-12(19)2-4-18-5-3-15-17-18/h3,5-7H,2,4H2,1H3,(H,16,19). The van der Waals surface area contributed by atoms with Crippen LogP contribution in [0, 0.1) is 6.92 Å². The minimum atomic E-state index is -0.101. The summed E-state index contributed by atoms with van der Waals surface area (Å²) in [5, 5.41) is 10.9. The van der Waals surface area contributed by atoms with Crippen LogP contribution in [0.4, 0.5) is 5.69 Å². The summed E-state index contributed by atoms with van der Waals surface area (Å²) in [4.78, 5) is 11.8. The van der Waals surface area contributed by atoms with Crippen LogP contribution in [0.25, 0.3) is 0 Å². The molecule has 0 radical (unpaired) electrons. The average molecular weight is 344 g/mol. The minimum absolute atomic E-state index is 0.101. The van der Waals surface area contributed by atoms with Crippen LogP contribution < -0.4 is 5.32 Å². The van der Waals surface area contributed by atoms with Crippen molar-refractivity contribution in [2.75, 3.05) is 5.32 Å². The molecular formula is C12H12BrClN4O. The first-order valence-electron chi connectivity index (χ1n) is 5.66. The zero-order valence-corrected chi connectivity index (χ0v) is 12.6. The van der Waals surface area contributed by atoms with Crippen molar-refractivity contribution in [3.8, 4) is 0 Å². The third-order valence-electron chi connectivity index (χ3n) is 2.56. The maximum atomic E-state index is 11.8. The number of carbonyl (C=O) groups is 1. The van der Waals surface area contributed by atoms with Gasteiger partial charge in [-0.1, -0.05) is 16.8 Å². The normalized spacial score (nSPS) is 10.5. The van der Waals surface area contributed by atoms with Crippen LogP contribution in [0.5, 0.6) is 0 Å². The Hall–Kier alpha value is -1.40. The molecule has 0 aliphatic heterocycles. The fourth-order valence-electron chi connectivity index (χ4n) is 1.52. The molecule has 0 bridgehead atoms. The molecule has 0 aliphatic rings. The zero-order chi connectivity index (χ0) is 13.8. The second kappa shape index (κ2) is 6.16. The molecule has 0 unspecified atom stereocenters. The number of benzene rings is 1. The Balaban J connectivity index is 1.97. The molecule has 7 heteroatoms. The zero-order valence-electron chi connectivity index (χ0n) is 10.2. The summed E-state index contributed by atoms with van der Waals surface area (Å²) in [5.74, 6) is -0.101. The molecule has 1 aromatic heterocycles. The highest BCUT2D eigenvalue weighted by molar-refractivity contribution is 9.10. The van der Waals surface area contributed by atoms with Gasteiger partial charge in [0, 0.05) is 22.1 Å². The summed E-state index contributed by atoms with van der Waals surface area (Å²) in [6.07, 6.45) is 3.61. The van der Waals surface area contributed by atoms with Crippen molar-refractivity contribution in [1.82, 2.24) is 15.0 Å². The van der Waals surface area contributed by atoms with E-state index in [4.69, 9.17) is 11.6 Å². The average Bonchev–Trinajstić information content (AvgIpc) is 2.86. The van der Waals surface area contributed by atoms with Gasteiger partial charge in [-0.15, -0.1) is 5.10 Å². The molecule has 0 fully saturated rings. The SMILES string of the molecule is Cc1cc(Br)c(NC(=O)CCn2ccnn2)cc1Cl. The highest BCUT2D eigenvalue weighted by Crippen LogP contribution is 2.29. The first-order valence-corrected chi connectivity index (χ1v) is 6.83. The predicted octanol–water partition coefficient (Wildman–Crippen LogP) is 3.03. The second-order valence-electron chi connectivity index (χ2n) is 4.05. The van der Waals surface area contributed by atoms with Crippen LogP contribution in [0.2, 0.25) is 5.02 Å². The Morgan fingerprint density at radius 3 is 3.00 bits per heavy atom. The lowest BCUT2D eigenvalue weighted by Crippen LogP contribution is -2.15. The van der Waals surface area contributed by atoms with E-state index in [1.807, 2.05) is 13.0 Å². The van der Waals surface area contributed by atoms with Crippen molar-refractivity contribution in [3.63, 3.8) is 0 Å². The molecule has 0 spiro atoms. The summed E-state index contributed by atoms with van der Waals surface area (Å²) >= 11 is 9.43. The van der Waals surface area contributed by atoms with Gasteiger partial charge in [0.25, 0.3) is 0 Å². The van der Waals surface area contributed by atoms with Crippen molar-refractivity contribution >= 4 is 39.1 Å². The number of anilines is 1. The van der Waals surface area contributed by atoms with Gasteiger partial charge in [0.1, 0.15) is 0 Å². The first kappa shape index (κ1) is 14.0. The molecule has 0 aliphatic carbocycles. The number of halogens is 2. The molecular weight excluding hydrogens is 332 g/mol. The topological polar surface area (TPSA) is 59.8 Å². The van der Waals surface area contributed by atoms with E-state index < -0.39 is 0 Å². The number of carbonyl (C=O) groups excluding carboxylic acids is 1. The number of amides is 1. The van der Waals surface area contributed by atoms with E-state index in [-0.39, 0.29) is 5.91 Å². The lowest BCUT2D eigenvalue weighted by atomic mass is 10.2. The number of hydrogen-bond acceptors (Lipinski definition) is 3. The third kappa shape index (κ3) is 3.78. The highest BCUT2D eigenvalue weighted by atomic mass is 79.9. The van der Waals surface area contributed by atoms with Gasteiger partial charge in [-0.25, -0.2) is 0 Å². The monoisotopic (exact) mass is 342 g/mol. The van der Waals surface area contributed by atoms with Crippen molar-refractivity contribution in [3.05, 3.63) is 39.6 Å². The molecule has 0 saturated heterocycles. The number of aryl methyl sites for hydroxylation is 2. The second-order valence-corrected chi connectivity index (χ2v) is 5.31. The number of hydrogen-bond donors (Lipinski definition) is 1.